The predicted octanol–water partition coefficient (Wildman–Crippen LogP) is 3.13. The second kappa shape index (κ2) is 5.87. The zero-order valence-electron chi connectivity index (χ0n) is 14.5. The molecular weight excluding hydrogens is 310 g/mol. The van der Waals surface area contributed by atoms with Crippen molar-refractivity contribution in [3.8, 4) is 0 Å². The standard InChI is InChI=1S/C18H21NO5/c1-11(20)8-12-6-7-14-13(9-12)10-15(16(21)24-5)19(14,17(22)23)18(2,3)4/h6-7,9-10H,8H2,1-5H3/p+1. The summed E-state index contributed by atoms with van der Waals surface area (Å²) in [5, 5.41) is 10.0. The number of Topliss-reactive ketones (excluding diaryl/α,β-unsaturated/α-hetero) is 1. The van der Waals surface area contributed by atoms with Crippen molar-refractivity contribution >= 4 is 29.6 Å². The summed E-state index contributed by atoms with van der Waals surface area (Å²) in [6.07, 6.45) is 0.652. The van der Waals surface area contributed by atoms with Gasteiger partial charge < -0.3 is 9.84 Å². The highest BCUT2D eigenvalue weighted by Crippen LogP contribution is 2.47. The number of hydrogen-bond donors (Lipinski definition) is 1. The summed E-state index contributed by atoms with van der Waals surface area (Å²) in [4.78, 5) is 35.9. The van der Waals surface area contributed by atoms with Gasteiger partial charge in [-0.25, -0.2) is 4.79 Å². The number of rotatable bonds is 3. The van der Waals surface area contributed by atoms with Crippen LogP contribution in [0.4, 0.5) is 10.5 Å². The van der Waals surface area contributed by atoms with Crippen LogP contribution in [0.2, 0.25) is 0 Å². The Balaban J connectivity index is 2.76. The number of ketones is 1. The third-order valence-electron chi connectivity index (χ3n) is 4.25. The Kier molecular flexibility index (Phi) is 4.37. The first-order chi connectivity index (χ1) is 11.1. The Morgan fingerprint density at radius 3 is 2.29 bits per heavy atom. The number of carboxylic acid groups (broad SMARTS) is 1. The van der Waals surface area contributed by atoms with E-state index in [4.69, 9.17) is 4.74 Å². The van der Waals surface area contributed by atoms with E-state index in [0.29, 0.717) is 11.3 Å². The summed E-state index contributed by atoms with van der Waals surface area (Å²) in [6.45, 7) is 6.78. The number of carbonyl (C=O) groups is 3. The van der Waals surface area contributed by atoms with Crippen molar-refractivity contribution in [3.05, 3.63) is 35.0 Å². The van der Waals surface area contributed by atoms with Crippen LogP contribution in [-0.2, 0) is 20.7 Å². The molecule has 0 aliphatic carbocycles. The van der Waals surface area contributed by atoms with E-state index in [1.807, 2.05) is 0 Å². The average molecular weight is 332 g/mol. The third kappa shape index (κ3) is 2.53. The lowest BCUT2D eigenvalue weighted by molar-refractivity contribution is -0.138. The minimum absolute atomic E-state index is 0.0138. The third-order valence-corrected chi connectivity index (χ3v) is 4.25. The van der Waals surface area contributed by atoms with Gasteiger partial charge in [0, 0.05) is 24.1 Å². The maximum Gasteiger partial charge on any atom is 0.524 e. The van der Waals surface area contributed by atoms with E-state index in [2.05, 4.69) is 0 Å². The quantitative estimate of drug-likeness (QED) is 0.679. The largest absolute Gasteiger partial charge is 0.524 e. The van der Waals surface area contributed by atoms with Gasteiger partial charge in [0.1, 0.15) is 11.3 Å². The fourth-order valence-corrected chi connectivity index (χ4v) is 3.31. The van der Waals surface area contributed by atoms with Gasteiger partial charge in [0.2, 0.25) is 5.70 Å². The van der Waals surface area contributed by atoms with Crippen molar-refractivity contribution in [2.75, 3.05) is 7.11 Å². The predicted molar refractivity (Wildman–Crippen MR) is 90.4 cm³/mol. The molecule has 1 amide bonds. The van der Waals surface area contributed by atoms with Crippen LogP contribution in [0.15, 0.2) is 23.9 Å². The van der Waals surface area contributed by atoms with Gasteiger partial charge in [0.05, 0.1) is 7.11 Å². The summed E-state index contributed by atoms with van der Waals surface area (Å²) in [6, 6.07) is 5.17. The number of quaternary nitrogens is 1. The zero-order valence-corrected chi connectivity index (χ0v) is 14.5. The van der Waals surface area contributed by atoms with Crippen molar-refractivity contribution in [1.29, 1.82) is 0 Å². The lowest BCUT2D eigenvalue weighted by Gasteiger charge is -2.40. The fraction of sp³-hybridized carbons (Fsp3) is 0.389. The first kappa shape index (κ1) is 17.9. The summed E-state index contributed by atoms with van der Waals surface area (Å²) in [7, 11) is 1.23. The molecule has 0 bridgehead atoms. The van der Waals surface area contributed by atoms with E-state index in [1.165, 1.54) is 14.0 Å². The Morgan fingerprint density at radius 2 is 1.83 bits per heavy atom. The Hall–Kier alpha value is -2.47. The summed E-state index contributed by atoms with van der Waals surface area (Å²) >= 11 is 0. The van der Waals surface area contributed by atoms with E-state index in [0.717, 1.165) is 5.56 Å². The molecule has 1 N–H and O–H groups in total. The maximum absolute atomic E-state index is 12.3. The molecule has 6 nitrogen and oxygen atoms in total. The molecule has 0 aromatic heterocycles. The van der Waals surface area contributed by atoms with Gasteiger partial charge >= 0.3 is 12.1 Å². The average Bonchev–Trinajstić information content (AvgIpc) is 2.80. The van der Waals surface area contributed by atoms with Gasteiger partial charge in [0.25, 0.3) is 0 Å². The van der Waals surface area contributed by atoms with Crippen molar-refractivity contribution in [1.82, 2.24) is 4.48 Å². The van der Waals surface area contributed by atoms with E-state index in [1.54, 1.807) is 45.0 Å². The number of carbonyl (C=O) groups excluding carboxylic acids is 2. The second-order valence-electron chi connectivity index (χ2n) is 6.92. The minimum atomic E-state index is -1.16. The molecule has 0 radical (unpaired) electrons. The highest BCUT2D eigenvalue weighted by Gasteiger charge is 2.60. The Labute approximate surface area is 140 Å². The van der Waals surface area contributed by atoms with Crippen LogP contribution in [0.5, 0.6) is 0 Å². The van der Waals surface area contributed by atoms with Crippen LogP contribution in [0.25, 0.3) is 6.08 Å². The summed E-state index contributed by atoms with van der Waals surface area (Å²) in [5.74, 6) is -0.670. The van der Waals surface area contributed by atoms with Gasteiger partial charge in [-0.3, -0.25) is 4.79 Å². The SMILES string of the molecule is COC(=O)C1=Cc2cc(CC(C)=O)ccc2[N+]1(C(=O)O)C(C)(C)C. The van der Waals surface area contributed by atoms with Crippen molar-refractivity contribution in [2.45, 2.75) is 39.7 Å². The second-order valence-corrected chi connectivity index (χ2v) is 6.92. The molecule has 0 saturated carbocycles. The molecule has 6 heteroatoms. The van der Waals surface area contributed by atoms with Crippen molar-refractivity contribution in [2.24, 2.45) is 0 Å². The summed E-state index contributed by atoms with van der Waals surface area (Å²) in [5.41, 5.74) is 1.11. The molecule has 0 saturated heterocycles. The lowest BCUT2D eigenvalue weighted by atomic mass is 9.98. The maximum atomic E-state index is 12.3. The van der Waals surface area contributed by atoms with Crippen LogP contribution in [-0.4, -0.2) is 35.6 Å². The number of nitrogens with zero attached hydrogens (tertiary/aromatic N) is 1. The summed E-state index contributed by atoms with van der Waals surface area (Å²) < 4.78 is 4.18. The molecule has 1 aromatic rings. The van der Waals surface area contributed by atoms with E-state index in [-0.39, 0.29) is 17.9 Å². The van der Waals surface area contributed by atoms with Gasteiger partial charge in [-0.05, 0) is 39.3 Å². The van der Waals surface area contributed by atoms with Crippen molar-refractivity contribution in [3.63, 3.8) is 0 Å². The number of ether oxygens (including phenoxy) is 1. The normalized spacial score (nSPS) is 19.5. The molecule has 0 spiro atoms. The monoisotopic (exact) mass is 332 g/mol. The molecule has 1 unspecified atom stereocenters. The van der Waals surface area contributed by atoms with Crippen LogP contribution >= 0.6 is 0 Å². The Morgan fingerprint density at radius 1 is 1.21 bits per heavy atom. The zero-order chi connectivity index (χ0) is 18.3. The number of amides is 1. The van der Waals surface area contributed by atoms with Gasteiger partial charge in [0.15, 0.2) is 5.69 Å². The smallest absolute Gasteiger partial charge is 0.462 e. The molecule has 24 heavy (non-hydrogen) atoms. The molecule has 0 fully saturated rings. The Bertz CT molecular complexity index is 757. The number of methoxy groups -OCH3 is 1. The van der Waals surface area contributed by atoms with Gasteiger partial charge in [-0.2, -0.15) is 4.79 Å². The van der Waals surface area contributed by atoms with E-state index in [9.17, 15) is 19.5 Å². The molecule has 1 aliphatic heterocycles. The first-order valence-electron chi connectivity index (χ1n) is 7.62. The molecule has 128 valence electrons. The highest BCUT2D eigenvalue weighted by molar-refractivity contribution is 6.08. The van der Waals surface area contributed by atoms with Crippen molar-refractivity contribution < 1.29 is 24.2 Å². The van der Waals surface area contributed by atoms with Crippen LogP contribution in [0.1, 0.15) is 38.8 Å². The number of benzene rings is 1. The minimum Gasteiger partial charge on any atom is -0.462 e. The van der Waals surface area contributed by atoms with Gasteiger partial charge in [-0.15, -0.1) is 4.48 Å². The number of esters is 1. The highest BCUT2D eigenvalue weighted by atomic mass is 16.5. The first-order valence-corrected chi connectivity index (χ1v) is 7.62. The molecule has 1 atom stereocenters. The number of fused-ring (bicyclic) bond motifs is 1. The molecule has 1 heterocycles. The van der Waals surface area contributed by atoms with Crippen LogP contribution in [0, 0.1) is 0 Å². The fourth-order valence-electron chi connectivity index (χ4n) is 3.31. The molecule has 1 aromatic carbocycles. The van der Waals surface area contributed by atoms with Crippen LogP contribution < -0.4 is 4.48 Å². The van der Waals surface area contributed by atoms with E-state index >= 15 is 0 Å². The molecule has 2 rings (SSSR count). The lowest BCUT2D eigenvalue weighted by Crippen LogP contribution is -2.64. The van der Waals surface area contributed by atoms with E-state index < -0.39 is 22.1 Å². The topological polar surface area (TPSA) is 80.7 Å². The number of hydrogen-bond acceptors (Lipinski definition) is 4. The van der Waals surface area contributed by atoms with Gasteiger partial charge in [-0.1, -0.05) is 6.07 Å². The molecule has 1 aliphatic rings. The van der Waals surface area contributed by atoms with Crippen LogP contribution in [0.3, 0.4) is 0 Å². The molecular formula is C18H22NO5+.